The quantitative estimate of drug-likeness (QED) is 0.289. The van der Waals surface area contributed by atoms with Gasteiger partial charge in [-0.15, -0.1) is 11.8 Å². The van der Waals surface area contributed by atoms with Crippen LogP contribution in [0.2, 0.25) is 0 Å². The number of hydrogen-bond donors (Lipinski definition) is 1. The second-order valence-corrected chi connectivity index (χ2v) is 10.3. The van der Waals surface area contributed by atoms with Crippen molar-refractivity contribution in [1.82, 2.24) is 15.1 Å². The Morgan fingerprint density at radius 1 is 1.07 bits per heavy atom. The number of carbonyl (C=O) groups excluding carboxylic acids is 2. The van der Waals surface area contributed by atoms with Crippen LogP contribution in [-0.2, 0) is 14.3 Å². The van der Waals surface area contributed by atoms with Gasteiger partial charge in [-0.25, -0.2) is 13.5 Å². The number of carbonyl (C=O) groups is 2. The molecule has 0 spiro atoms. The normalized spacial score (nSPS) is 14.9. The van der Waals surface area contributed by atoms with E-state index in [1.165, 1.54) is 35.9 Å². The van der Waals surface area contributed by atoms with E-state index < -0.39 is 16.9 Å². The topological polar surface area (TPSA) is 85.7 Å². The molecule has 0 saturated heterocycles. The lowest BCUT2D eigenvalue weighted by molar-refractivity contribution is -0.123. The summed E-state index contributed by atoms with van der Waals surface area (Å²) in [5.74, 6) is -1.25. The molecule has 1 unspecified atom stereocenters. The molecule has 1 aliphatic rings. The van der Waals surface area contributed by atoms with Crippen molar-refractivity contribution in [2.45, 2.75) is 5.25 Å². The minimum absolute atomic E-state index is 0.0433. The second kappa shape index (κ2) is 12.5. The van der Waals surface area contributed by atoms with Gasteiger partial charge in [0.05, 0.1) is 36.1 Å². The first-order valence-electron chi connectivity index (χ1n) is 12.9. The second-order valence-electron chi connectivity index (χ2n) is 9.24. The van der Waals surface area contributed by atoms with Crippen LogP contribution < -0.4 is 15.0 Å². The van der Waals surface area contributed by atoms with Crippen molar-refractivity contribution in [3.8, 4) is 22.7 Å². The van der Waals surface area contributed by atoms with E-state index in [0.717, 1.165) is 11.6 Å². The number of fused-ring (bicyclic) bond motifs is 1. The van der Waals surface area contributed by atoms with Gasteiger partial charge in [0.2, 0.25) is 11.8 Å². The van der Waals surface area contributed by atoms with Crippen LogP contribution in [0.15, 0.2) is 72.8 Å². The van der Waals surface area contributed by atoms with Gasteiger partial charge in [0, 0.05) is 36.4 Å². The molecule has 1 N–H and O–H groups in total. The van der Waals surface area contributed by atoms with Crippen LogP contribution in [0, 0.1) is 11.6 Å². The summed E-state index contributed by atoms with van der Waals surface area (Å²) in [5.41, 5.74) is 2.61. The van der Waals surface area contributed by atoms with Crippen LogP contribution in [-0.4, -0.2) is 61.3 Å². The lowest BCUT2D eigenvalue weighted by Gasteiger charge is -2.23. The van der Waals surface area contributed by atoms with Crippen molar-refractivity contribution in [1.29, 1.82) is 0 Å². The maximum atomic E-state index is 15.3. The lowest BCUT2D eigenvalue weighted by atomic mass is 9.99. The van der Waals surface area contributed by atoms with E-state index in [-0.39, 0.29) is 36.2 Å². The Morgan fingerprint density at radius 2 is 1.83 bits per heavy atom. The number of nitrogens with zero attached hydrogens (tertiary/aromatic N) is 3. The molecule has 11 heteroatoms. The Morgan fingerprint density at radius 3 is 2.51 bits per heavy atom. The monoisotopic (exact) mass is 578 g/mol. The molecule has 3 aromatic carbocycles. The molecule has 8 nitrogen and oxygen atoms in total. The predicted molar refractivity (Wildman–Crippen MR) is 153 cm³/mol. The Hall–Kier alpha value is -4.22. The Balaban J connectivity index is 1.76. The molecule has 2 amide bonds. The van der Waals surface area contributed by atoms with Gasteiger partial charge in [-0.3, -0.25) is 14.5 Å². The molecule has 0 saturated carbocycles. The van der Waals surface area contributed by atoms with Crippen LogP contribution in [0.3, 0.4) is 0 Å². The van der Waals surface area contributed by atoms with Crippen LogP contribution in [0.1, 0.15) is 16.4 Å². The number of aromatic nitrogens is 2. The van der Waals surface area contributed by atoms with Crippen LogP contribution in [0.25, 0.3) is 16.9 Å². The standard InChI is InChI=1S/C30H28F2N4O4S/c1-39-15-14-33-25(37)17-35-26(38)18-41-29(23-13-8-20(31)16-24(23)32)27-28(19-6-4-3-5-7-19)34-36(30(27)35)21-9-11-22(40-2)12-10-21/h3-13,16,29H,14-15,17-18H2,1-2H3,(H,33,37). The molecule has 0 aliphatic carbocycles. The molecule has 0 fully saturated rings. The maximum Gasteiger partial charge on any atom is 0.240 e. The lowest BCUT2D eigenvalue weighted by Crippen LogP contribution is -2.43. The molecular formula is C30H28F2N4O4S. The fourth-order valence-electron chi connectivity index (χ4n) is 4.68. The summed E-state index contributed by atoms with van der Waals surface area (Å²) in [6.45, 7) is 0.300. The molecular weight excluding hydrogens is 550 g/mol. The third-order valence-electron chi connectivity index (χ3n) is 6.63. The number of nitrogens with one attached hydrogen (secondary N) is 1. The summed E-state index contributed by atoms with van der Waals surface area (Å²) in [5, 5.41) is 6.98. The van der Waals surface area contributed by atoms with Crippen LogP contribution >= 0.6 is 11.8 Å². The molecule has 212 valence electrons. The summed E-state index contributed by atoms with van der Waals surface area (Å²) in [6.07, 6.45) is 0. The smallest absolute Gasteiger partial charge is 0.240 e. The molecule has 2 heterocycles. The van der Waals surface area contributed by atoms with Crippen LogP contribution in [0.5, 0.6) is 5.75 Å². The minimum Gasteiger partial charge on any atom is -0.497 e. The molecule has 1 atom stereocenters. The highest BCUT2D eigenvalue weighted by atomic mass is 32.2. The van der Waals surface area contributed by atoms with Gasteiger partial charge in [0.25, 0.3) is 0 Å². The van der Waals surface area contributed by atoms with Gasteiger partial charge in [0.15, 0.2) is 0 Å². The third-order valence-corrected chi connectivity index (χ3v) is 7.86. The summed E-state index contributed by atoms with van der Waals surface area (Å²) in [4.78, 5) is 28.0. The predicted octanol–water partition coefficient (Wildman–Crippen LogP) is 4.76. The number of anilines is 1. The van der Waals surface area contributed by atoms with Crippen molar-refractivity contribution in [3.05, 3.63) is 95.6 Å². The fourth-order valence-corrected chi connectivity index (χ4v) is 5.90. The summed E-state index contributed by atoms with van der Waals surface area (Å²) in [7, 11) is 3.09. The number of amides is 2. The zero-order chi connectivity index (χ0) is 28.9. The van der Waals surface area contributed by atoms with Crippen molar-refractivity contribution < 1.29 is 27.8 Å². The van der Waals surface area contributed by atoms with Crippen molar-refractivity contribution >= 4 is 29.4 Å². The zero-order valence-corrected chi connectivity index (χ0v) is 23.3. The summed E-state index contributed by atoms with van der Waals surface area (Å²) < 4.78 is 41.2. The van der Waals surface area contributed by atoms with Gasteiger partial charge in [-0.1, -0.05) is 36.4 Å². The highest BCUT2D eigenvalue weighted by Crippen LogP contribution is 2.49. The van der Waals surface area contributed by atoms with E-state index in [9.17, 15) is 14.0 Å². The molecule has 5 rings (SSSR count). The number of rotatable bonds is 9. The average Bonchev–Trinajstić information content (AvgIpc) is 3.31. The van der Waals surface area contributed by atoms with Crippen molar-refractivity contribution in [3.63, 3.8) is 0 Å². The summed E-state index contributed by atoms with van der Waals surface area (Å²) in [6, 6.07) is 19.8. The van der Waals surface area contributed by atoms with Crippen molar-refractivity contribution in [2.75, 3.05) is 44.6 Å². The van der Waals surface area contributed by atoms with E-state index in [2.05, 4.69) is 5.32 Å². The minimum atomic E-state index is -0.733. The van der Waals surface area contributed by atoms with E-state index >= 15 is 4.39 Å². The third kappa shape index (κ3) is 5.96. The Labute approximate surface area is 240 Å². The van der Waals surface area contributed by atoms with Crippen molar-refractivity contribution in [2.24, 2.45) is 0 Å². The molecule has 4 aromatic rings. The van der Waals surface area contributed by atoms with Crippen LogP contribution in [0.4, 0.5) is 14.6 Å². The largest absolute Gasteiger partial charge is 0.497 e. The van der Waals surface area contributed by atoms with Gasteiger partial charge in [-0.05, 0) is 30.3 Å². The Bertz CT molecular complexity index is 1550. The molecule has 1 aliphatic heterocycles. The van der Waals surface area contributed by atoms with Gasteiger partial charge >= 0.3 is 0 Å². The first-order chi connectivity index (χ1) is 19.9. The number of benzene rings is 3. The van der Waals surface area contributed by atoms with E-state index in [1.54, 1.807) is 36.1 Å². The van der Waals surface area contributed by atoms with Gasteiger partial charge in [0.1, 0.15) is 29.7 Å². The molecule has 1 aromatic heterocycles. The SMILES string of the molecule is COCCNC(=O)CN1C(=O)CSC(c2ccc(F)cc2F)c2c(-c3ccccc3)nn(-c3ccc(OC)cc3)c21. The fraction of sp³-hybridized carbons (Fsp3) is 0.233. The number of hydrogen-bond acceptors (Lipinski definition) is 6. The zero-order valence-electron chi connectivity index (χ0n) is 22.5. The molecule has 41 heavy (non-hydrogen) atoms. The van der Waals surface area contributed by atoms with E-state index in [0.29, 0.717) is 35.1 Å². The summed E-state index contributed by atoms with van der Waals surface area (Å²) >= 11 is 1.20. The Kier molecular flexibility index (Phi) is 8.65. The number of thioether (sulfide) groups is 1. The van der Waals surface area contributed by atoms with Gasteiger partial charge < -0.3 is 14.8 Å². The first kappa shape index (κ1) is 28.3. The molecule has 0 bridgehead atoms. The van der Waals surface area contributed by atoms with E-state index in [4.69, 9.17) is 14.6 Å². The highest BCUT2D eigenvalue weighted by Gasteiger charge is 2.38. The number of ether oxygens (including phenoxy) is 2. The molecule has 0 radical (unpaired) electrons. The average molecular weight is 579 g/mol. The van der Waals surface area contributed by atoms with Gasteiger partial charge in [-0.2, -0.15) is 5.10 Å². The number of halogens is 2. The first-order valence-corrected chi connectivity index (χ1v) is 13.9. The number of methoxy groups -OCH3 is 2. The maximum absolute atomic E-state index is 15.3. The van der Waals surface area contributed by atoms with E-state index in [1.807, 2.05) is 30.3 Å². The highest BCUT2D eigenvalue weighted by molar-refractivity contribution is 8.00.